The second-order valence-corrected chi connectivity index (χ2v) is 8.76. The molecule has 2 heterocycles. The maximum absolute atomic E-state index is 12.8. The van der Waals surface area contributed by atoms with Crippen molar-refractivity contribution in [1.82, 2.24) is 15.2 Å². The van der Waals surface area contributed by atoms with Crippen LogP contribution in [0.15, 0.2) is 48.8 Å². The van der Waals surface area contributed by atoms with Crippen LogP contribution in [0.4, 0.5) is 0 Å². The Bertz CT molecular complexity index is 767. The molecule has 0 spiro atoms. The van der Waals surface area contributed by atoms with Gasteiger partial charge in [0.2, 0.25) is 5.91 Å². The van der Waals surface area contributed by atoms with Gasteiger partial charge in [-0.1, -0.05) is 58.0 Å². The molecule has 4 heteroatoms. The highest BCUT2D eigenvalue weighted by Crippen LogP contribution is 2.27. The van der Waals surface area contributed by atoms with Gasteiger partial charge in [-0.05, 0) is 34.1 Å². The molecule has 1 aliphatic rings. The molecule has 1 aliphatic heterocycles. The van der Waals surface area contributed by atoms with Crippen LogP contribution in [0, 0.1) is 11.8 Å². The number of benzene rings is 1. The lowest BCUT2D eigenvalue weighted by Gasteiger charge is -2.23. The van der Waals surface area contributed by atoms with E-state index < -0.39 is 0 Å². The summed E-state index contributed by atoms with van der Waals surface area (Å²) >= 11 is 0. The number of carbonyl (C=O) groups excluding carboxylic acids is 1. The molecule has 1 saturated heterocycles. The predicted molar refractivity (Wildman–Crippen MR) is 109 cm³/mol. The number of hydrogen-bond donors (Lipinski definition) is 1. The first-order valence-corrected chi connectivity index (χ1v) is 9.82. The van der Waals surface area contributed by atoms with Crippen molar-refractivity contribution in [1.29, 1.82) is 0 Å². The quantitative estimate of drug-likeness (QED) is 0.877. The second kappa shape index (κ2) is 8.22. The average molecular weight is 366 g/mol. The minimum atomic E-state index is 0.0378. The Hall–Kier alpha value is -2.20. The van der Waals surface area contributed by atoms with E-state index in [0.717, 1.165) is 25.2 Å². The SMILES string of the molecule is CC1CN(Cc2ccccc2)CC1C(=O)NCc1cnccc1C(C)(C)C. The van der Waals surface area contributed by atoms with Crippen molar-refractivity contribution in [3.8, 4) is 0 Å². The highest BCUT2D eigenvalue weighted by atomic mass is 16.1. The normalized spacial score (nSPS) is 20.6. The lowest BCUT2D eigenvalue weighted by molar-refractivity contribution is -0.125. The van der Waals surface area contributed by atoms with Gasteiger partial charge in [0.25, 0.3) is 0 Å². The number of amides is 1. The number of aromatic nitrogens is 1. The van der Waals surface area contributed by atoms with Gasteiger partial charge < -0.3 is 5.32 Å². The van der Waals surface area contributed by atoms with E-state index in [2.05, 4.69) is 73.2 Å². The Morgan fingerprint density at radius 1 is 1.19 bits per heavy atom. The molecule has 0 saturated carbocycles. The predicted octanol–water partition coefficient (Wildman–Crippen LogP) is 3.76. The molecule has 2 aromatic rings. The summed E-state index contributed by atoms with van der Waals surface area (Å²) in [5.74, 6) is 0.565. The van der Waals surface area contributed by atoms with Crippen LogP contribution in [-0.2, 0) is 23.3 Å². The Labute approximate surface area is 163 Å². The summed E-state index contributed by atoms with van der Waals surface area (Å²) in [6, 6.07) is 12.5. The molecule has 1 fully saturated rings. The first kappa shape index (κ1) is 19.6. The van der Waals surface area contributed by atoms with Crippen LogP contribution in [0.3, 0.4) is 0 Å². The van der Waals surface area contributed by atoms with Gasteiger partial charge >= 0.3 is 0 Å². The van der Waals surface area contributed by atoms with E-state index in [9.17, 15) is 4.79 Å². The van der Waals surface area contributed by atoms with Crippen molar-refractivity contribution in [2.45, 2.75) is 46.2 Å². The highest BCUT2D eigenvalue weighted by molar-refractivity contribution is 5.79. The van der Waals surface area contributed by atoms with Gasteiger partial charge in [-0.2, -0.15) is 0 Å². The minimum absolute atomic E-state index is 0.0378. The van der Waals surface area contributed by atoms with Crippen molar-refractivity contribution in [3.05, 3.63) is 65.5 Å². The van der Waals surface area contributed by atoms with Gasteiger partial charge in [0.1, 0.15) is 0 Å². The molecule has 27 heavy (non-hydrogen) atoms. The Morgan fingerprint density at radius 2 is 1.93 bits per heavy atom. The number of carbonyl (C=O) groups is 1. The maximum atomic E-state index is 12.8. The van der Waals surface area contributed by atoms with Crippen LogP contribution in [0.25, 0.3) is 0 Å². The molecule has 144 valence electrons. The molecule has 0 bridgehead atoms. The fourth-order valence-corrected chi connectivity index (χ4v) is 3.99. The monoisotopic (exact) mass is 365 g/mol. The molecule has 0 aliphatic carbocycles. The van der Waals surface area contributed by atoms with Crippen LogP contribution >= 0.6 is 0 Å². The van der Waals surface area contributed by atoms with Crippen LogP contribution in [0.1, 0.15) is 44.4 Å². The summed E-state index contributed by atoms with van der Waals surface area (Å²) in [6.45, 7) is 12.0. The number of nitrogens with zero attached hydrogens (tertiary/aromatic N) is 2. The lowest BCUT2D eigenvalue weighted by atomic mass is 9.84. The Kier molecular flexibility index (Phi) is 5.95. The summed E-state index contributed by atoms with van der Waals surface area (Å²) in [5.41, 5.74) is 3.68. The third-order valence-corrected chi connectivity index (χ3v) is 5.44. The Balaban J connectivity index is 1.59. The molecule has 3 rings (SSSR count). The van der Waals surface area contributed by atoms with Gasteiger partial charge in [-0.15, -0.1) is 0 Å². The molecule has 1 amide bonds. The zero-order valence-electron chi connectivity index (χ0n) is 16.9. The van der Waals surface area contributed by atoms with Gasteiger partial charge in [-0.3, -0.25) is 14.7 Å². The van der Waals surface area contributed by atoms with E-state index in [1.54, 1.807) is 0 Å². The maximum Gasteiger partial charge on any atom is 0.224 e. The topological polar surface area (TPSA) is 45.2 Å². The van der Waals surface area contributed by atoms with Gasteiger partial charge in [-0.25, -0.2) is 0 Å². The molecule has 1 aromatic heterocycles. The molecule has 1 N–H and O–H groups in total. The molecular weight excluding hydrogens is 334 g/mol. The van der Waals surface area contributed by atoms with Crippen molar-refractivity contribution in [2.24, 2.45) is 11.8 Å². The third kappa shape index (κ3) is 4.95. The van der Waals surface area contributed by atoms with Crippen molar-refractivity contribution in [3.63, 3.8) is 0 Å². The zero-order valence-corrected chi connectivity index (χ0v) is 16.9. The number of nitrogens with one attached hydrogen (secondary N) is 1. The van der Waals surface area contributed by atoms with Gasteiger partial charge in [0.05, 0.1) is 5.92 Å². The van der Waals surface area contributed by atoms with Crippen LogP contribution in [0.5, 0.6) is 0 Å². The summed E-state index contributed by atoms with van der Waals surface area (Å²) in [7, 11) is 0. The van der Waals surface area contributed by atoms with Crippen LogP contribution < -0.4 is 5.32 Å². The summed E-state index contributed by atoms with van der Waals surface area (Å²) in [5, 5.41) is 3.16. The van der Waals surface area contributed by atoms with Crippen molar-refractivity contribution in [2.75, 3.05) is 13.1 Å². The highest BCUT2D eigenvalue weighted by Gasteiger charge is 2.34. The van der Waals surface area contributed by atoms with E-state index in [0.29, 0.717) is 12.5 Å². The lowest BCUT2D eigenvalue weighted by Crippen LogP contribution is -2.34. The Morgan fingerprint density at radius 3 is 2.63 bits per heavy atom. The third-order valence-electron chi connectivity index (χ3n) is 5.44. The number of pyridine rings is 1. The molecule has 2 atom stereocenters. The summed E-state index contributed by atoms with van der Waals surface area (Å²) in [6.07, 6.45) is 3.70. The number of rotatable bonds is 5. The average Bonchev–Trinajstić information content (AvgIpc) is 3.00. The largest absolute Gasteiger partial charge is 0.352 e. The zero-order chi connectivity index (χ0) is 19.4. The van der Waals surface area contributed by atoms with E-state index >= 15 is 0 Å². The minimum Gasteiger partial charge on any atom is -0.352 e. The van der Waals surface area contributed by atoms with E-state index in [1.807, 2.05) is 18.5 Å². The molecule has 0 radical (unpaired) electrons. The van der Waals surface area contributed by atoms with E-state index in [4.69, 9.17) is 0 Å². The van der Waals surface area contributed by atoms with Crippen molar-refractivity contribution >= 4 is 5.91 Å². The standard InChI is InChI=1S/C23H31N3O/c1-17-14-26(15-18-8-6-5-7-9-18)16-20(17)22(27)25-13-19-12-24-11-10-21(19)23(2,3)4/h5-12,17,20H,13-16H2,1-4H3,(H,25,27). The molecule has 4 nitrogen and oxygen atoms in total. The second-order valence-electron chi connectivity index (χ2n) is 8.76. The van der Waals surface area contributed by atoms with E-state index in [1.165, 1.54) is 11.1 Å². The first-order chi connectivity index (χ1) is 12.8. The number of hydrogen-bond acceptors (Lipinski definition) is 3. The van der Waals surface area contributed by atoms with Gasteiger partial charge in [0.15, 0.2) is 0 Å². The summed E-state index contributed by atoms with van der Waals surface area (Å²) in [4.78, 5) is 19.5. The van der Waals surface area contributed by atoms with Crippen LogP contribution in [-0.4, -0.2) is 28.9 Å². The van der Waals surface area contributed by atoms with Crippen molar-refractivity contribution < 1.29 is 4.79 Å². The number of likely N-dealkylation sites (tertiary alicyclic amines) is 1. The van der Waals surface area contributed by atoms with Gasteiger partial charge in [0, 0.05) is 38.6 Å². The molecule has 2 unspecified atom stereocenters. The first-order valence-electron chi connectivity index (χ1n) is 9.82. The van der Waals surface area contributed by atoms with E-state index in [-0.39, 0.29) is 17.2 Å². The fraction of sp³-hybridized carbons (Fsp3) is 0.478. The fourth-order valence-electron chi connectivity index (χ4n) is 3.99. The smallest absolute Gasteiger partial charge is 0.224 e. The van der Waals surface area contributed by atoms with Crippen LogP contribution in [0.2, 0.25) is 0 Å². The molecule has 1 aromatic carbocycles. The molecular formula is C23H31N3O. The summed E-state index contributed by atoms with van der Waals surface area (Å²) < 4.78 is 0.